The first-order chi connectivity index (χ1) is 6.53. The van der Waals surface area contributed by atoms with Crippen molar-refractivity contribution in [3.8, 4) is 0 Å². The minimum Gasteiger partial charge on any atom is -0.373 e. The topological polar surface area (TPSA) is 50.4 Å². The first-order valence-corrected chi connectivity index (χ1v) is 5.22. The summed E-state index contributed by atoms with van der Waals surface area (Å²) in [5.41, 5.74) is -0.0945. The molecule has 82 valence electrons. The number of rotatable bonds is 3. The van der Waals surface area contributed by atoms with E-state index in [-0.39, 0.29) is 17.7 Å². The minimum absolute atomic E-state index is 0.0850. The van der Waals surface area contributed by atoms with E-state index in [0.29, 0.717) is 6.61 Å². The number of hydrogen-bond acceptors (Lipinski definition) is 2. The first kappa shape index (κ1) is 11.3. The molecule has 4 nitrogen and oxygen atoms in total. The number of hydrogen-bond donors (Lipinski definition) is 2. The Morgan fingerprint density at radius 3 is 2.79 bits per heavy atom. The van der Waals surface area contributed by atoms with Gasteiger partial charge in [0.2, 0.25) is 0 Å². The van der Waals surface area contributed by atoms with Gasteiger partial charge in [-0.2, -0.15) is 0 Å². The van der Waals surface area contributed by atoms with Gasteiger partial charge >= 0.3 is 6.03 Å². The Balaban J connectivity index is 2.22. The van der Waals surface area contributed by atoms with Crippen LogP contribution in [-0.2, 0) is 4.74 Å². The lowest BCUT2D eigenvalue weighted by atomic mass is 10.0. The monoisotopic (exact) mass is 200 g/mol. The summed E-state index contributed by atoms with van der Waals surface area (Å²) in [6.45, 7) is 7.45. The molecule has 1 heterocycles. The molecule has 4 heteroatoms. The molecule has 2 N–H and O–H groups in total. The third kappa shape index (κ3) is 3.54. The second-order valence-corrected chi connectivity index (χ2v) is 4.37. The molecule has 14 heavy (non-hydrogen) atoms. The van der Waals surface area contributed by atoms with E-state index in [1.165, 1.54) is 0 Å². The highest BCUT2D eigenvalue weighted by atomic mass is 16.5. The van der Waals surface area contributed by atoms with Crippen molar-refractivity contribution in [1.82, 2.24) is 10.6 Å². The van der Waals surface area contributed by atoms with Crippen LogP contribution in [0.3, 0.4) is 0 Å². The van der Waals surface area contributed by atoms with Gasteiger partial charge in [-0.05, 0) is 26.7 Å². The van der Waals surface area contributed by atoms with Gasteiger partial charge in [0.25, 0.3) is 0 Å². The van der Waals surface area contributed by atoms with Gasteiger partial charge in [0.05, 0.1) is 18.2 Å². The summed E-state index contributed by atoms with van der Waals surface area (Å²) in [5.74, 6) is 0. The molecule has 0 aromatic carbocycles. The summed E-state index contributed by atoms with van der Waals surface area (Å²) >= 11 is 0. The fraction of sp³-hybridized carbons (Fsp3) is 0.900. The molecule has 0 radical (unpaired) electrons. The number of carbonyl (C=O) groups excluding carboxylic acids is 1. The van der Waals surface area contributed by atoms with Crippen LogP contribution >= 0.6 is 0 Å². The van der Waals surface area contributed by atoms with Crippen molar-refractivity contribution < 1.29 is 9.53 Å². The maximum Gasteiger partial charge on any atom is 0.315 e. The Morgan fingerprint density at radius 1 is 1.57 bits per heavy atom. The Bertz CT molecular complexity index is 204. The van der Waals surface area contributed by atoms with Crippen LogP contribution in [0.15, 0.2) is 0 Å². The van der Waals surface area contributed by atoms with Gasteiger partial charge in [0.1, 0.15) is 0 Å². The van der Waals surface area contributed by atoms with Crippen LogP contribution < -0.4 is 10.6 Å². The van der Waals surface area contributed by atoms with E-state index in [2.05, 4.69) is 10.6 Å². The largest absolute Gasteiger partial charge is 0.373 e. The van der Waals surface area contributed by atoms with Gasteiger partial charge in [0.15, 0.2) is 0 Å². The molecule has 1 aliphatic heterocycles. The zero-order valence-electron chi connectivity index (χ0n) is 9.22. The van der Waals surface area contributed by atoms with Crippen LogP contribution in [0.5, 0.6) is 0 Å². The molecule has 1 saturated heterocycles. The third-order valence-corrected chi connectivity index (χ3v) is 2.28. The fourth-order valence-corrected chi connectivity index (χ4v) is 1.61. The Labute approximate surface area is 85.4 Å². The molecule has 1 fully saturated rings. The molecule has 0 bridgehead atoms. The maximum absolute atomic E-state index is 11.3. The van der Waals surface area contributed by atoms with E-state index >= 15 is 0 Å². The zero-order valence-corrected chi connectivity index (χ0v) is 9.22. The van der Waals surface area contributed by atoms with Crippen LogP contribution in [0.2, 0.25) is 0 Å². The van der Waals surface area contributed by atoms with Crippen LogP contribution in [0.25, 0.3) is 0 Å². The lowest BCUT2D eigenvalue weighted by molar-refractivity contribution is 0.0358. The summed E-state index contributed by atoms with van der Waals surface area (Å²) in [7, 11) is 0. The summed E-state index contributed by atoms with van der Waals surface area (Å²) in [4.78, 5) is 11.3. The molecular weight excluding hydrogens is 180 g/mol. The van der Waals surface area contributed by atoms with E-state index in [9.17, 15) is 4.79 Å². The standard InChI is InChI=1S/C10H20N2O2/c1-4-5-11-9(13)12-8-6-10(2,3)14-7-8/h8H,4-7H2,1-3H3,(H2,11,12,13). The highest BCUT2D eigenvalue weighted by Crippen LogP contribution is 2.24. The number of urea groups is 1. The molecular formula is C10H20N2O2. The summed E-state index contributed by atoms with van der Waals surface area (Å²) in [6.07, 6.45) is 1.84. The van der Waals surface area contributed by atoms with E-state index in [1.54, 1.807) is 0 Å². The smallest absolute Gasteiger partial charge is 0.315 e. The SMILES string of the molecule is CCCNC(=O)NC1COC(C)(C)C1. The molecule has 0 aromatic heterocycles. The number of ether oxygens (including phenoxy) is 1. The quantitative estimate of drug-likeness (QED) is 0.720. The van der Waals surface area contributed by atoms with Gasteiger partial charge in [0, 0.05) is 6.54 Å². The van der Waals surface area contributed by atoms with Crippen molar-refractivity contribution in [2.75, 3.05) is 13.2 Å². The minimum atomic E-state index is -0.0945. The fourth-order valence-electron chi connectivity index (χ4n) is 1.61. The average molecular weight is 200 g/mol. The van der Waals surface area contributed by atoms with Crippen molar-refractivity contribution in [3.05, 3.63) is 0 Å². The van der Waals surface area contributed by atoms with E-state index in [1.807, 2.05) is 20.8 Å². The van der Waals surface area contributed by atoms with Crippen molar-refractivity contribution >= 4 is 6.03 Å². The second kappa shape index (κ2) is 4.64. The maximum atomic E-state index is 11.3. The van der Waals surface area contributed by atoms with Gasteiger partial charge in [-0.25, -0.2) is 4.79 Å². The van der Waals surface area contributed by atoms with E-state index in [0.717, 1.165) is 19.4 Å². The lowest BCUT2D eigenvalue weighted by Crippen LogP contribution is -2.42. The predicted molar refractivity (Wildman–Crippen MR) is 55.3 cm³/mol. The molecule has 2 amide bonds. The van der Waals surface area contributed by atoms with E-state index in [4.69, 9.17) is 4.74 Å². The summed E-state index contributed by atoms with van der Waals surface area (Å²) in [5, 5.41) is 5.68. The van der Waals surface area contributed by atoms with Crippen molar-refractivity contribution in [3.63, 3.8) is 0 Å². The normalized spacial score (nSPS) is 24.6. The van der Waals surface area contributed by atoms with Gasteiger partial charge < -0.3 is 15.4 Å². The van der Waals surface area contributed by atoms with Gasteiger partial charge in [-0.15, -0.1) is 0 Å². The Morgan fingerprint density at radius 2 is 2.29 bits per heavy atom. The molecule has 1 aliphatic rings. The highest BCUT2D eigenvalue weighted by Gasteiger charge is 2.32. The second-order valence-electron chi connectivity index (χ2n) is 4.37. The predicted octanol–water partition coefficient (Wildman–Crippen LogP) is 1.26. The zero-order chi connectivity index (χ0) is 10.6. The first-order valence-electron chi connectivity index (χ1n) is 5.22. The van der Waals surface area contributed by atoms with Crippen molar-refractivity contribution in [1.29, 1.82) is 0 Å². The highest BCUT2D eigenvalue weighted by molar-refractivity contribution is 5.74. The number of nitrogens with one attached hydrogen (secondary N) is 2. The molecule has 1 rings (SSSR count). The number of carbonyl (C=O) groups is 1. The Kier molecular flexibility index (Phi) is 3.75. The van der Waals surface area contributed by atoms with Gasteiger partial charge in [-0.3, -0.25) is 0 Å². The Hall–Kier alpha value is -0.770. The lowest BCUT2D eigenvalue weighted by Gasteiger charge is -2.16. The molecule has 0 spiro atoms. The van der Waals surface area contributed by atoms with Crippen LogP contribution in [0.1, 0.15) is 33.6 Å². The molecule has 0 aromatic rings. The van der Waals surface area contributed by atoms with Crippen molar-refractivity contribution in [2.24, 2.45) is 0 Å². The summed E-state index contributed by atoms with van der Waals surface area (Å²) < 4.78 is 5.52. The third-order valence-electron chi connectivity index (χ3n) is 2.28. The molecule has 1 atom stereocenters. The molecule has 0 aliphatic carbocycles. The van der Waals surface area contributed by atoms with Gasteiger partial charge in [-0.1, -0.05) is 6.92 Å². The van der Waals surface area contributed by atoms with Crippen LogP contribution in [0, 0.1) is 0 Å². The average Bonchev–Trinajstić information content (AvgIpc) is 2.42. The number of amides is 2. The van der Waals surface area contributed by atoms with Crippen LogP contribution in [-0.4, -0.2) is 30.8 Å². The van der Waals surface area contributed by atoms with Crippen LogP contribution in [0.4, 0.5) is 4.79 Å². The molecule has 1 unspecified atom stereocenters. The molecule has 0 saturated carbocycles. The van der Waals surface area contributed by atoms with E-state index < -0.39 is 0 Å². The van der Waals surface area contributed by atoms with Crippen molar-refractivity contribution in [2.45, 2.75) is 45.3 Å². The summed E-state index contributed by atoms with van der Waals surface area (Å²) in [6, 6.07) is 0.0695.